The van der Waals surface area contributed by atoms with Gasteiger partial charge in [-0.3, -0.25) is 9.36 Å². The Morgan fingerprint density at radius 2 is 1.95 bits per heavy atom. The molecule has 0 aliphatic carbocycles. The Morgan fingerprint density at radius 3 is 2.59 bits per heavy atom. The Balaban J connectivity index is 1.94. The predicted molar refractivity (Wildman–Crippen MR) is 158 cm³/mol. The molecule has 3 aromatic rings. The lowest BCUT2D eigenvalue weighted by Crippen LogP contribution is -2.39. The van der Waals surface area contributed by atoms with Crippen molar-refractivity contribution in [3.63, 3.8) is 0 Å². The van der Waals surface area contributed by atoms with Gasteiger partial charge in [-0.1, -0.05) is 29.4 Å². The number of halogens is 1. The molecule has 0 amide bonds. The maximum Gasteiger partial charge on any atom is 0.338 e. The normalized spacial score (nSPS) is 14.8. The third-order valence-electron chi connectivity index (χ3n) is 5.88. The maximum absolute atomic E-state index is 13.9. The van der Waals surface area contributed by atoms with Crippen LogP contribution in [0.3, 0.4) is 0 Å². The standard InChI is InChI=1S/C29H27IN2O6S/c1-6-13-38-26-19(14-20(30)16-22(26)35-5)15-23-27(33)32-25(18-9-11-21(12-10-18)36-7-2)24(28(34)37-8-3)17(4)31-29(32)39-23/h1,9-12,14-16,25H,7-8,13H2,2-5H3/b23-15-/t25-/m0/s1. The van der Waals surface area contributed by atoms with Crippen LogP contribution in [0.1, 0.15) is 37.9 Å². The van der Waals surface area contributed by atoms with Gasteiger partial charge in [0.15, 0.2) is 16.3 Å². The molecular formula is C29H27IN2O6S. The van der Waals surface area contributed by atoms with E-state index in [0.717, 1.165) is 9.13 Å². The van der Waals surface area contributed by atoms with Gasteiger partial charge >= 0.3 is 5.97 Å². The summed E-state index contributed by atoms with van der Waals surface area (Å²) in [4.78, 5) is 32.1. The summed E-state index contributed by atoms with van der Waals surface area (Å²) in [6.45, 7) is 6.16. The van der Waals surface area contributed by atoms with Crippen molar-refractivity contribution in [2.75, 3.05) is 26.9 Å². The highest BCUT2D eigenvalue weighted by Gasteiger charge is 2.33. The molecule has 1 aliphatic heterocycles. The van der Waals surface area contributed by atoms with Gasteiger partial charge in [-0.05, 0) is 79.3 Å². The molecule has 202 valence electrons. The Bertz CT molecular complexity index is 1650. The van der Waals surface area contributed by atoms with E-state index in [1.807, 2.05) is 43.3 Å². The Hall–Kier alpha value is -3.56. The second kappa shape index (κ2) is 12.5. The number of nitrogens with zero attached hydrogens (tertiary/aromatic N) is 2. The monoisotopic (exact) mass is 658 g/mol. The average Bonchev–Trinajstić information content (AvgIpc) is 3.21. The Labute approximate surface area is 243 Å². The third-order valence-corrected chi connectivity index (χ3v) is 7.48. The fraction of sp³-hybridized carbons (Fsp3) is 0.276. The summed E-state index contributed by atoms with van der Waals surface area (Å²) in [5.74, 6) is 3.58. The summed E-state index contributed by atoms with van der Waals surface area (Å²) in [6.07, 6.45) is 7.15. The van der Waals surface area contributed by atoms with E-state index < -0.39 is 12.0 Å². The van der Waals surface area contributed by atoms with Crippen LogP contribution in [0.4, 0.5) is 0 Å². The highest BCUT2D eigenvalue weighted by molar-refractivity contribution is 14.1. The minimum absolute atomic E-state index is 0.0406. The van der Waals surface area contributed by atoms with Crippen LogP contribution >= 0.6 is 33.9 Å². The molecule has 8 nitrogen and oxygen atoms in total. The van der Waals surface area contributed by atoms with E-state index >= 15 is 0 Å². The van der Waals surface area contributed by atoms with Crippen LogP contribution in [-0.2, 0) is 9.53 Å². The number of aromatic nitrogens is 1. The van der Waals surface area contributed by atoms with E-state index in [2.05, 4.69) is 33.5 Å². The summed E-state index contributed by atoms with van der Waals surface area (Å²) in [7, 11) is 1.54. The van der Waals surface area contributed by atoms with Gasteiger partial charge in [0.2, 0.25) is 0 Å². The maximum atomic E-state index is 13.9. The molecule has 0 radical (unpaired) electrons. The molecule has 1 atom stereocenters. The molecule has 39 heavy (non-hydrogen) atoms. The molecule has 0 saturated carbocycles. The van der Waals surface area contributed by atoms with Crippen molar-refractivity contribution in [1.82, 2.24) is 4.57 Å². The largest absolute Gasteiger partial charge is 0.494 e. The molecule has 2 aromatic carbocycles. The van der Waals surface area contributed by atoms with Crippen LogP contribution in [0.5, 0.6) is 17.2 Å². The molecule has 1 aliphatic rings. The topological polar surface area (TPSA) is 88.4 Å². The summed E-state index contributed by atoms with van der Waals surface area (Å²) >= 11 is 3.40. The van der Waals surface area contributed by atoms with E-state index in [9.17, 15) is 9.59 Å². The fourth-order valence-corrected chi connectivity index (χ4v) is 5.93. The van der Waals surface area contributed by atoms with Crippen molar-refractivity contribution < 1.29 is 23.7 Å². The van der Waals surface area contributed by atoms with Gasteiger partial charge in [-0.2, -0.15) is 0 Å². The molecule has 0 bridgehead atoms. The van der Waals surface area contributed by atoms with Gasteiger partial charge in [0.25, 0.3) is 5.56 Å². The minimum Gasteiger partial charge on any atom is -0.494 e. The number of fused-ring (bicyclic) bond motifs is 1. The van der Waals surface area contributed by atoms with Gasteiger partial charge in [-0.25, -0.2) is 9.79 Å². The van der Waals surface area contributed by atoms with Crippen LogP contribution in [0.2, 0.25) is 0 Å². The first-order valence-electron chi connectivity index (χ1n) is 12.2. The second-order valence-electron chi connectivity index (χ2n) is 8.32. The van der Waals surface area contributed by atoms with E-state index in [1.165, 1.54) is 11.3 Å². The number of carbonyl (C=O) groups is 1. The summed E-state index contributed by atoms with van der Waals surface area (Å²) < 4.78 is 25.1. The Kier molecular flexibility index (Phi) is 9.14. The molecule has 4 rings (SSSR count). The zero-order chi connectivity index (χ0) is 28.1. The van der Waals surface area contributed by atoms with Crippen LogP contribution in [-0.4, -0.2) is 37.5 Å². The first-order valence-corrected chi connectivity index (χ1v) is 14.1. The number of ether oxygens (including phenoxy) is 4. The fourth-order valence-electron chi connectivity index (χ4n) is 4.28. The van der Waals surface area contributed by atoms with Crippen molar-refractivity contribution in [2.45, 2.75) is 26.8 Å². The summed E-state index contributed by atoms with van der Waals surface area (Å²) in [5.41, 5.74) is 1.88. The van der Waals surface area contributed by atoms with E-state index in [-0.39, 0.29) is 18.8 Å². The molecule has 0 fully saturated rings. The molecule has 10 heteroatoms. The van der Waals surface area contributed by atoms with Gasteiger partial charge in [0, 0.05) is 9.13 Å². The van der Waals surface area contributed by atoms with Gasteiger partial charge in [0.1, 0.15) is 12.4 Å². The number of thiazole rings is 1. The van der Waals surface area contributed by atoms with Crippen molar-refractivity contribution in [3.8, 4) is 29.6 Å². The predicted octanol–water partition coefficient (Wildman–Crippen LogP) is 3.82. The van der Waals surface area contributed by atoms with Gasteiger partial charge in [-0.15, -0.1) is 6.42 Å². The third kappa shape index (κ3) is 5.89. The lowest BCUT2D eigenvalue weighted by molar-refractivity contribution is -0.139. The molecule has 0 unspecified atom stereocenters. The van der Waals surface area contributed by atoms with Gasteiger partial charge < -0.3 is 18.9 Å². The number of carbonyl (C=O) groups excluding carboxylic acids is 1. The average molecular weight is 659 g/mol. The van der Waals surface area contributed by atoms with Crippen LogP contribution in [0, 0.1) is 15.9 Å². The van der Waals surface area contributed by atoms with Crippen molar-refractivity contribution in [2.24, 2.45) is 4.99 Å². The zero-order valence-corrected chi connectivity index (χ0v) is 24.9. The Morgan fingerprint density at radius 1 is 1.21 bits per heavy atom. The number of terminal acetylenes is 1. The number of rotatable bonds is 9. The smallest absolute Gasteiger partial charge is 0.338 e. The molecule has 0 saturated heterocycles. The van der Waals surface area contributed by atoms with Crippen molar-refractivity contribution in [1.29, 1.82) is 0 Å². The van der Waals surface area contributed by atoms with Crippen LogP contribution < -0.4 is 29.1 Å². The van der Waals surface area contributed by atoms with E-state index in [0.29, 0.717) is 50.0 Å². The molecular weight excluding hydrogens is 631 g/mol. The summed E-state index contributed by atoms with van der Waals surface area (Å²) in [5, 5.41) is 0. The van der Waals surface area contributed by atoms with E-state index in [4.69, 9.17) is 25.4 Å². The highest BCUT2D eigenvalue weighted by Crippen LogP contribution is 2.34. The minimum atomic E-state index is -0.722. The first kappa shape index (κ1) is 28.4. The van der Waals surface area contributed by atoms with Crippen molar-refractivity contribution >= 4 is 46.0 Å². The zero-order valence-electron chi connectivity index (χ0n) is 21.9. The highest BCUT2D eigenvalue weighted by atomic mass is 127. The quantitative estimate of drug-likeness (QED) is 0.198. The van der Waals surface area contributed by atoms with Crippen LogP contribution in [0.15, 0.2) is 57.5 Å². The molecule has 2 heterocycles. The number of allylic oxidation sites excluding steroid dienone is 1. The summed E-state index contributed by atoms with van der Waals surface area (Å²) in [6, 6.07) is 10.3. The lowest BCUT2D eigenvalue weighted by Gasteiger charge is -2.24. The number of benzene rings is 2. The second-order valence-corrected chi connectivity index (χ2v) is 10.6. The number of methoxy groups -OCH3 is 1. The van der Waals surface area contributed by atoms with Crippen molar-refractivity contribution in [3.05, 3.63) is 82.1 Å². The lowest BCUT2D eigenvalue weighted by atomic mass is 9.96. The van der Waals surface area contributed by atoms with E-state index in [1.54, 1.807) is 31.6 Å². The molecule has 1 aromatic heterocycles. The number of hydrogen-bond acceptors (Lipinski definition) is 8. The molecule has 0 N–H and O–H groups in total. The van der Waals surface area contributed by atoms with Crippen LogP contribution in [0.25, 0.3) is 6.08 Å². The first-order chi connectivity index (χ1) is 18.8. The number of esters is 1. The number of hydrogen-bond donors (Lipinski definition) is 0. The SMILES string of the molecule is C#CCOc1c(/C=c2\sc3n(c2=O)[C@@H](c2ccc(OCC)cc2)C(C(=O)OCC)=C(C)N=3)cc(I)cc1OC. The molecule has 0 spiro atoms. The van der Waals surface area contributed by atoms with Gasteiger partial charge in [0.05, 0.1) is 42.2 Å².